The summed E-state index contributed by atoms with van der Waals surface area (Å²) < 4.78 is 65.9. The van der Waals surface area contributed by atoms with E-state index in [1.54, 1.807) is 11.8 Å². The van der Waals surface area contributed by atoms with Gasteiger partial charge in [-0.2, -0.15) is 17.5 Å². The van der Waals surface area contributed by atoms with Crippen molar-refractivity contribution in [2.24, 2.45) is 0 Å². The van der Waals surface area contributed by atoms with Crippen molar-refractivity contribution in [1.82, 2.24) is 4.31 Å². The zero-order valence-corrected chi connectivity index (χ0v) is 17.3. The van der Waals surface area contributed by atoms with E-state index in [0.29, 0.717) is 19.2 Å². The molecule has 1 aliphatic heterocycles. The van der Waals surface area contributed by atoms with Crippen LogP contribution in [0.3, 0.4) is 0 Å². The van der Waals surface area contributed by atoms with Gasteiger partial charge in [-0.05, 0) is 36.6 Å². The molecule has 0 amide bonds. The Morgan fingerprint density at radius 1 is 1.04 bits per heavy atom. The van der Waals surface area contributed by atoms with Crippen LogP contribution in [-0.4, -0.2) is 45.2 Å². The molecule has 2 aromatic rings. The molecular weight excluding hydrogens is 433 g/mol. The van der Waals surface area contributed by atoms with Crippen LogP contribution in [-0.2, 0) is 16.2 Å². The van der Waals surface area contributed by atoms with Gasteiger partial charge in [0.1, 0.15) is 4.90 Å². The summed E-state index contributed by atoms with van der Waals surface area (Å²) in [4.78, 5) is 2.65. The highest BCUT2D eigenvalue weighted by atomic mass is 35.5. The molecule has 0 radical (unpaired) electrons. The third kappa shape index (κ3) is 4.27. The second kappa shape index (κ2) is 8.14. The Morgan fingerprint density at radius 2 is 1.68 bits per heavy atom. The Balaban J connectivity index is 1.82. The summed E-state index contributed by atoms with van der Waals surface area (Å²) in [5.41, 5.74) is -0.0211. The van der Waals surface area contributed by atoms with Gasteiger partial charge in [0.25, 0.3) is 0 Å². The van der Waals surface area contributed by atoms with Crippen molar-refractivity contribution < 1.29 is 21.6 Å². The molecule has 3 rings (SSSR count). The first-order chi connectivity index (χ1) is 13.1. The number of benzene rings is 2. The first kappa shape index (κ1) is 21.3. The van der Waals surface area contributed by atoms with Gasteiger partial charge in [0, 0.05) is 31.1 Å². The van der Waals surface area contributed by atoms with Crippen LogP contribution in [0.4, 0.5) is 18.9 Å². The molecule has 1 fully saturated rings. The first-order valence-corrected chi connectivity index (χ1v) is 11.4. The van der Waals surface area contributed by atoms with Crippen LogP contribution in [0.15, 0.2) is 52.3 Å². The number of nitrogens with zero attached hydrogens (tertiary/aromatic N) is 2. The summed E-state index contributed by atoms with van der Waals surface area (Å²) in [5, 5.41) is -0.219. The Bertz CT molecular complexity index is 960. The maximum absolute atomic E-state index is 13.0. The minimum atomic E-state index is -4.64. The fourth-order valence-electron chi connectivity index (χ4n) is 3.08. The maximum atomic E-state index is 13.0. The van der Waals surface area contributed by atoms with Crippen LogP contribution in [0.5, 0.6) is 0 Å². The van der Waals surface area contributed by atoms with E-state index in [1.165, 1.54) is 4.31 Å². The SMILES string of the molecule is CSc1ccccc1N1CCN(S(=O)(=O)c2cc(C(F)(F)F)ccc2Cl)CC1. The molecule has 1 saturated heterocycles. The molecule has 1 heterocycles. The van der Waals surface area contributed by atoms with Crippen molar-refractivity contribution in [3.05, 3.63) is 53.1 Å². The smallest absolute Gasteiger partial charge is 0.368 e. The van der Waals surface area contributed by atoms with Gasteiger partial charge in [-0.3, -0.25) is 0 Å². The van der Waals surface area contributed by atoms with Crippen molar-refractivity contribution in [3.63, 3.8) is 0 Å². The average Bonchev–Trinajstić information content (AvgIpc) is 2.67. The fourth-order valence-corrected chi connectivity index (χ4v) is 5.62. The highest BCUT2D eigenvalue weighted by molar-refractivity contribution is 7.98. The zero-order chi connectivity index (χ0) is 20.5. The van der Waals surface area contributed by atoms with Gasteiger partial charge in [-0.15, -0.1) is 11.8 Å². The summed E-state index contributed by atoms with van der Waals surface area (Å²) in [6, 6.07) is 10.2. The molecule has 4 nitrogen and oxygen atoms in total. The van der Waals surface area contributed by atoms with Crippen molar-refractivity contribution >= 4 is 39.1 Å². The number of piperazine rings is 1. The van der Waals surface area contributed by atoms with Gasteiger partial charge in [0.15, 0.2) is 0 Å². The Morgan fingerprint density at radius 3 is 2.29 bits per heavy atom. The molecule has 1 aliphatic rings. The van der Waals surface area contributed by atoms with Gasteiger partial charge >= 0.3 is 6.18 Å². The highest BCUT2D eigenvalue weighted by Crippen LogP contribution is 2.35. The normalized spacial score (nSPS) is 16.4. The van der Waals surface area contributed by atoms with Crippen LogP contribution in [0.25, 0.3) is 0 Å². The minimum absolute atomic E-state index is 0.164. The molecule has 0 spiro atoms. The van der Waals surface area contributed by atoms with E-state index in [4.69, 9.17) is 11.6 Å². The van der Waals surface area contributed by atoms with Crippen LogP contribution in [0.1, 0.15) is 5.56 Å². The number of rotatable bonds is 4. The lowest BCUT2D eigenvalue weighted by Crippen LogP contribution is -2.48. The molecule has 0 aromatic heterocycles. The minimum Gasteiger partial charge on any atom is -0.368 e. The van der Waals surface area contributed by atoms with Crippen LogP contribution < -0.4 is 4.90 Å². The summed E-state index contributed by atoms with van der Waals surface area (Å²) >= 11 is 7.53. The molecule has 0 saturated carbocycles. The maximum Gasteiger partial charge on any atom is 0.416 e. The quantitative estimate of drug-likeness (QED) is 0.639. The number of anilines is 1. The fraction of sp³-hybridized carbons (Fsp3) is 0.333. The second-order valence-electron chi connectivity index (χ2n) is 6.21. The monoisotopic (exact) mass is 450 g/mol. The van der Waals surface area contributed by atoms with Crippen LogP contribution in [0.2, 0.25) is 5.02 Å². The molecule has 28 heavy (non-hydrogen) atoms. The predicted octanol–water partition coefficient (Wildman–Crippen LogP) is 4.59. The summed E-state index contributed by atoms with van der Waals surface area (Å²) in [6.07, 6.45) is -2.68. The molecule has 10 heteroatoms. The summed E-state index contributed by atoms with van der Waals surface area (Å²) in [5.74, 6) is 0. The molecule has 152 valence electrons. The van der Waals surface area contributed by atoms with E-state index in [9.17, 15) is 21.6 Å². The van der Waals surface area contributed by atoms with Crippen LogP contribution in [0, 0.1) is 0 Å². The predicted molar refractivity (Wildman–Crippen MR) is 106 cm³/mol. The third-order valence-corrected chi connectivity index (χ3v) is 7.71. The zero-order valence-electron chi connectivity index (χ0n) is 14.9. The van der Waals surface area contributed by atoms with Gasteiger partial charge in [-0.1, -0.05) is 23.7 Å². The summed E-state index contributed by atoms with van der Waals surface area (Å²) in [7, 11) is -4.13. The van der Waals surface area contributed by atoms with Crippen LogP contribution >= 0.6 is 23.4 Å². The molecule has 0 aliphatic carbocycles. The number of sulfonamides is 1. The molecule has 0 atom stereocenters. The Hall–Kier alpha value is -1.42. The lowest BCUT2D eigenvalue weighted by Gasteiger charge is -2.36. The van der Waals surface area contributed by atoms with Crippen molar-refractivity contribution in [1.29, 1.82) is 0 Å². The molecular formula is C18H18ClF3N2O2S2. The van der Waals surface area contributed by atoms with E-state index in [1.807, 2.05) is 30.5 Å². The van der Waals surface area contributed by atoms with Crippen molar-refractivity contribution in [2.45, 2.75) is 16.0 Å². The Labute approximate surface area is 171 Å². The summed E-state index contributed by atoms with van der Waals surface area (Å²) in [6.45, 7) is 1.20. The standard InChI is InChI=1S/C18H18ClF3N2O2S2/c1-27-16-5-3-2-4-15(16)23-8-10-24(11-9-23)28(25,26)17-12-13(18(20,21)22)6-7-14(17)19/h2-7,12H,8-11H2,1H3. The van der Waals surface area contributed by atoms with E-state index in [-0.39, 0.29) is 18.1 Å². The van der Waals surface area contributed by atoms with E-state index in [2.05, 4.69) is 4.90 Å². The number of thioether (sulfide) groups is 1. The van der Waals surface area contributed by atoms with Crippen molar-refractivity contribution in [3.8, 4) is 0 Å². The van der Waals surface area contributed by atoms with E-state index >= 15 is 0 Å². The average molecular weight is 451 g/mol. The number of para-hydroxylation sites is 1. The molecule has 0 unspecified atom stereocenters. The lowest BCUT2D eigenvalue weighted by atomic mass is 10.2. The van der Waals surface area contributed by atoms with E-state index < -0.39 is 26.7 Å². The molecule has 0 bridgehead atoms. The molecule has 2 aromatic carbocycles. The van der Waals surface area contributed by atoms with Gasteiger partial charge < -0.3 is 4.90 Å². The largest absolute Gasteiger partial charge is 0.416 e. The molecule has 0 N–H and O–H groups in total. The second-order valence-corrected chi connectivity index (χ2v) is 9.37. The number of halogens is 4. The van der Waals surface area contributed by atoms with Crippen molar-refractivity contribution in [2.75, 3.05) is 37.3 Å². The number of hydrogen-bond donors (Lipinski definition) is 0. The highest BCUT2D eigenvalue weighted by Gasteiger charge is 2.35. The first-order valence-electron chi connectivity index (χ1n) is 8.39. The van der Waals surface area contributed by atoms with Gasteiger partial charge in [-0.25, -0.2) is 8.42 Å². The number of hydrogen-bond acceptors (Lipinski definition) is 4. The van der Waals surface area contributed by atoms with Gasteiger partial charge in [0.05, 0.1) is 16.3 Å². The van der Waals surface area contributed by atoms with E-state index in [0.717, 1.165) is 22.7 Å². The van der Waals surface area contributed by atoms with Gasteiger partial charge in [0.2, 0.25) is 10.0 Å². The number of alkyl halides is 3. The third-order valence-electron chi connectivity index (χ3n) is 4.54. The Kier molecular flexibility index (Phi) is 6.19. The topological polar surface area (TPSA) is 40.6 Å². The lowest BCUT2D eigenvalue weighted by molar-refractivity contribution is -0.137.